The largest absolute Gasteiger partial charge is 0.480 e. The number of carboxylic acids is 3. The van der Waals surface area contributed by atoms with Gasteiger partial charge in [-0.25, -0.2) is 29.3 Å². The molecule has 21 rings (SSSR count). The lowest BCUT2D eigenvalue weighted by Crippen LogP contribution is -2.69. The number of methoxy groups -OCH3 is 1. The number of nitrogens with two attached hydrogens (primary N) is 1. The summed E-state index contributed by atoms with van der Waals surface area (Å²) in [6.45, 7) is 1.20. The van der Waals surface area contributed by atoms with E-state index in [1.54, 1.807) is 14.7 Å². The molecule has 0 spiro atoms. The van der Waals surface area contributed by atoms with Gasteiger partial charge >= 0.3 is 17.9 Å². The van der Waals surface area contributed by atoms with Crippen LogP contribution in [0.4, 0.5) is 17.5 Å². The Bertz CT molecular complexity index is 4700. The molecule has 0 amide bonds. The van der Waals surface area contributed by atoms with E-state index in [9.17, 15) is 44.1 Å². The minimum atomic E-state index is -1.00. The second kappa shape index (κ2) is 31.5. The van der Waals surface area contributed by atoms with E-state index in [4.69, 9.17) is 20.4 Å². The van der Waals surface area contributed by atoms with Crippen molar-refractivity contribution in [2.24, 2.45) is 41.2 Å². The van der Waals surface area contributed by atoms with Crippen LogP contribution in [0.25, 0.3) is 33.1 Å². The number of para-hydroxylation sites is 6. The van der Waals surface area contributed by atoms with Crippen LogP contribution in [0.3, 0.4) is 0 Å². The van der Waals surface area contributed by atoms with E-state index in [1.807, 2.05) is 105 Å². The number of benzene rings is 3. The van der Waals surface area contributed by atoms with Crippen molar-refractivity contribution < 1.29 is 34.4 Å². The molecule has 6 unspecified atom stereocenters. The quantitative estimate of drug-likeness (QED) is 0.0789. The standard InChI is InChI=1S/C31H43N5O3.C30H40N4O4.C29H39N5O3/c1-33(2)27-18-34(28(27)31(38)39)29-30(37)36(26-12-4-3-11-25(26)32-29)24-16-21-9-6-10-22(17-24)35(21)23-14-19-7-5-8-20(13-19)15-23;1-38-26-17-32(27(26)30(36)37)28-29(35)34(25-11-3-2-10-24(25)31-28)23-15-20-8-5-9-21(16-23)33(20)22-13-18-6-4-7-19(12-18)14-22;30-23-16-32(26(23)29(36)37)27-28(35)34(25-10-2-1-9-24(25)31-27)22-14-19-7-4-8-20(15-22)33(19)21-12-17-5-3-6-18(11-17)13-21/h3-4,11-12,19-24,27-28H,5-10,13-18H2,1-2H3,(H,38,39);2-3,10-11,18-23,26-27H,4-9,12-17H2,1H3,(H,36,37);1-2,9-10,17-23,26H,3-8,11-16,30H2,(H,36,37)/t19-,20+,21-,22+,23?,24?,27-,28+;18-,19+,20-,21+,22?,23?,26-,27-;17-,18+,19-,20+,21?,22?,23-,26+/m101/s1. The first kappa shape index (κ1) is 76.6. The minimum Gasteiger partial charge on any atom is -0.480 e. The maximum Gasteiger partial charge on any atom is 0.329 e. The number of hydrogen-bond donors (Lipinski definition) is 4. The summed E-state index contributed by atoms with van der Waals surface area (Å²) in [6, 6.07) is 26.0. The van der Waals surface area contributed by atoms with Crippen LogP contribution in [0, 0.1) is 35.5 Å². The lowest BCUT2D eigenvalue weighted by Gasteiger charge is -2.55. The highest BCUT2D eigenvalue weighted by atomic mass is 16.5. The summed E-state index contributed by atoms with van der Waals surface area (Å²) in [6.07, 6.45) is 41.9. The maximum absolute atomic E-state index is 14.2. The lowest BCUT2D eigenvalue weighted by molar-refractivity contribution is -0.145. The molecule has 12 heterocycles. The SMILES string of the molecule is CN(C)[C@@H]1CN(c2nc3ccccc3n(C3C[C@H]4CCC[C@@H](C3)N4C3C[C@H]4CCC[C@@H](C3)C4)c2=O)[C@@H]1C(=O)O.CO[C@H]1CN(c2nc3ccccc3n(C3C[C@H]4CCC[C@@H](C3)N4C3C[C@H]4CCC[C@@H](C3)C4)c2=O)[C@@H]1C(=O)O.N[C@@H]1CN(c2nc3ccccc3n(C3C[C@H]4CCC[C@@H](C3)N4C3C[C@H]4CCC[C@@H](C3)C4)c2=O)[C@@H]1C(=O)O. The summed E-state index contributed by atoms with van der Waals surface area (Å²) in [7, 11) is 5.32. The van der Waals surface area contributed by atoms with Gasteiger partial charge in [-0.3, -0.25) is 29.1 Å². The van der Waals surface area contributed by atoms with Gasteiger partial charge in [-0.1, -0.05) is 113 Å². The number of hydrogen-bond acceptors (Lipinski definition) is 18. The topological polar surface area (TPSA) is 274 Å². The monoisotopic (exact) mass is 1560 g/mol. The summed E-state index contributed by atoms with van der Waals surface area (Å²) < 4.78 is 11.3. The number of rotatable bonds is 14. The van der Waals surface area contributed by atoms with Crippen molar-refractivity contribution in [1.29, 1.82) is 0 Å². The van der Waals surface area contributed by atoms with Crippen molar-refractivity contribution in [3.63, 3.8) is 0 Å². The van der Waals surface area contributed by atoms with Gasteiger partial charge in [0.1, 0.15) is 18.2 Å². The molecule has 3 aromatic carbocycles. The molecule has 24 heteroatoms. The Hall–Kier alpha value is -7.35. The van der Waals surface area contributed by atoms with Crippen LogP contribution in [0.15, 0.2) is 87.2 Å². The van der Waals surface area contributed by atoms with Gasteiger partial charge < -0.3 is 59.1 Å². The van der Waals surface area contributed by atoms with Crippen LogP contribution in [-0.2, 0) is 19.1 Å². The van der Waals surface area contributed by atoms with Crippen LogP contribution in [-0.4, -0.2) is 213 Å². The average molecular weight is 1560 g/mol. The van der Waals surface area contributed by atoms with Gasteiger partial charge in [0, 0.05) is 99.2 Å². The third-order valence-electron chi connectivity index (χ3n) is 31.9. The summed E-state index contributed by atoms with van der Waals surface area (Å²) in [5.41, 5.74) is 10.4. The normalized spacial score (nSPS) is 37.2. The Kier molecular flexibility index (Phi) is 21.2. The molecular weight excluding hydrogens is 1440 g/mol. The number of carboxylic acid groups (broad SMARTS) is 3. The van der Waals surface area contributed by atoms with Gasteiger partial charge in [0.25, 0.3) is 16.7 Å². The van der Waals surface area contributed by atoms with Crippen molar-refractivity contribution in [2.75, 3.05) is 55.5 Å². The number of carbonyl (C=O) groups is 3. The van der Waals surface area contributed by atoms with Crippen molar-refractivity contribution in [2.45, 2.75) is 321 Å². The van der Waals surface area contributed by atoms with Crippen molar-refractivity contribution in [3.8, 4) is 0 Å². The molecular formula is C90H122N14O10. The van der Waals surface area contributed by atoms with Crippen LogP contribution >= 0.6 is 0 Å². The second-order valence-electron chi connectivity index (χ2n) is 38.6. The molecule has 24 nitrogen and oxygen atoms in total. The number of piperidine rings is 6. The molecule has 24 atom stereocenters. The van der Waals surface area contributed by atoms with Gasteiger partial charge in [0.15, 0.2) is 23.5 Å². The van der Waals surface area contributed by atoms with E-state index >= 15 is 0 Å². The zero-order chi connectivity index (χ0) is 78.1. The Morgan fingerprint density at radius 2 is 0.658 bits per heavy atom. The Labute approximate surface area is 669 Å². The number of likely N-dealkylation sites (N-methyl/N-ethyl adjacent to an activating group) is 1. The fourth-order valence-corrected chi connectivity index (χ4v) is 27.2. The van der Waals surface area contributed by atoms with Gasteiger partial charge in [-0.15, -0.1) is 0 Å². The molecule has 0 radical (unpaired) electrons. The molecule has 15 aliphatic rings. The van der Waals surface area contributed by atoms with Crippen LogP contribution in [0.1, 0.15) is 230 Å². The smallest absolute Gasteiger partial charge is 0.329 e. The zero-order valence-corrected chi connectivity index (χ0v) is 67.3. The third-order valence-corrected chi connectivity index (χ3v) is 31.9. The molecule has 3 aromatic heterocycles. The van der Waals surface area contributed by atoms with Gasteiger partial charge in [0.05, 0.1) is 45.2 Å². The Morgan fingerprint density at radius 3 is 0.947 bits per heavy atom. The molecule has 612 valence electrons. The molecule has 6 aliphatic carbocycles. The first-order valence-corrected chi connectivity index (χ1v) is 44.7. The van der Waals surface area contributed by atoms with E-state index in [0.717, 1.165) is 107 Å². The number of nitrogens with zero attached hydrogens (tertiary/aromatic N) is 13. The summed E-state index contributed by atoms with van der Waals surface area (Å²) in [5, 5.41) is 29.6. The fraction of sp³-hybridized carbons (Fsp3) is 0.700. The Morgan fingerprint density at radius 1 is 0.368 bits per heavy atom. The van der Waals surface area contributed by atoms with Crippen LogP contribution in [0.5, 0.6) is 0 Å². The van der Waals surface area contributed by atoms with E-state index in [2.05, 4.69) is 19.7 Å². The third kappa shape index (κ3) is 14.0. The highest BCUT2D eigenvalue weighted by Gasteiger charge is 2.54. The molecule has 9 aliphatic heterocycles. The number of ether oxygens (including phenoxy) is 1. The predicted molar refractivity (Wildman–Crippen MR) is 441 cm³/mol. The van der Waals surface area contributed by atoms with E-state index in [1.165, 1.54) is 180 Å². The van der Waals surface area contributed by atoms with Crippen LogP contribution < -0.4 is 37.1 Å². The number of anilines is 3. The zero-order valence-electron chi connectivity index (χ0n) is 67.3. The second-order valence-corrected chi connectivity index (χ2v) is 38.6. The first-order valence-electron chi connectivity index (χ1n) is 44.7. The highest BCUT2D eigenvalue weighted by molar-refractivity contribution is 5.85. The molecule has 6 saturated carbocycles. The number of aliphatic carboxylic acids is 3. The van der Waals surface area contributed by atoms with E-state index < -0.39 is 48.2 Å². The number of aromatic nitrogens is 6. The van der Waals surface area contributed by atoms with Gasteiger partial charge in [0.2, 0.25) is 0 Å². The Balaban J connectivity index is 0.000000115. The number of fused-ring (bicyclic) bond motifs is 15. The maximum atomic E-state index is 14.2. The molecule has 12 bridgehead atoms. The van der Waals surface area contributed by atoms with Crippen LogP contribution in [0.2, 0.25) is 0 Å². The van der Waals surface area contributed by atoms with Gasteiger partial charge in [-0.2, -0.15) is 0 Å². The summed E-state index contributed by atoms with van der Waals surface area (Å²) in [5.74, 6) is 3.38. The van der Waals surface area contributed by atoms with Crippen molar-refractivity contribution in [3.05, 3.63) is 104 Å². The van der Waals surface area contributed by atoms with Crippen molar-refractivity contribution in [1.82, 2.24) is 48.3 Å². The van der Waals surface area contributed by atoms with E-state index in [0.29, 0.717) is 79.8 Å². The fourth-order valence-electron chi connectivity index (χ4n) is 27.2. The van der Waals surface area contributed by atoms with Gasteiger partial charge in [-0.05, 0) is 221 Å². The molecule has 114 heavy (non-hydrogen) atoms. The highest BCUT2D eigenvalue weighted by Crippen LogP contribution is 2.52. The summed E-state index contributed by atoms with van der Waals surface area (Å²) in [4.78, 5) is 108. The molecule has 15 fully saturated rings. The predicted octanol–water partition coefficient (Wildman–Crippen LogP) is 11.9. The minimum absolute atomic E-state index is 0.103. The lowest BCUT2D eigenvalue weighted by atomic mass is 9.68. The van der Waals surface area contributed by atoms with E-state index in [-0.39, 0.29) is 52.5 Å². The molecule has 9 saturated heterocycles. The molecule has 5 N–H and O–H groups in total. The summed E-state index contributed by atoms with van der Waals surface area (Å²) >= 11 is 0. The van der Waals surface area contributed by atoms with Crippen molar-refractivity contribution >= 4 is 68.5 Å². The first-order chi connectivity index (χ1) is 55.4. The average Bonchev–Trinajstić information content (AvgIpc) is 0.739. The molecule has 6 aromatic rings.